The topological polar surface area (TPSA) is 66.0 Å². The molecule has 17 heavy (non-hydrogen) atoms. The Morgan fingerprint density at radius 2 is 2.06 bits per heavy atom. The summed E-state index contributed by atoms with van der Waals surface area (Å²) >= 11 is 0. The molecular weight excluding hydrogens is 216 g/mol. The first-order valence-electron chi connectivity index (χ1n) is 5.71. The number of H-pyrrole nitrogens is 1. The van der Waals surface area contributed by atoms with E-state index in [9.17, 15) is 4.79 Å². The van der Waals surface area contributed by atoms with Crippen LogP contribution < -0.4 is 0 Å². The molecule has 4 heteroatoms. The standard InChI is InChI=1S/C13H16N2O2/c1-7(2)12-10-5-4-9(8(3)13(16)17)6-11(10)14-15-12/h4-8H,1-3H3,(H,14,15)(H,16,17). The second-order valence-electron chi connectivity index (χ2n) is 4.63. The molecule has 0 aliphatic heterocycles. The zero-order valence-corrected chi connectivity index (χ0v) is 10.2. The minimum absolute atomic E-state index is 0.378. The number of carbonyl (C=O) groups is 1. The van der Waals surface area contributed by atoms with Crippen molar-refractivity contribution >= 4 is 16.9 Å². The van der Waals surface area contributed by atoms with Gasteiger partial charge in [0.15, 0.2) is 0 Å². The predicted molar refractivity (Wildman–Crippen MR) is 66.2 cm³/mol. The molecule has 0 aliphatic rings. The monoisotopic (exact) mass is 232 g/mol. The number of aromatic amines is 1. The molecule has 1 heterocycles. The average molecular weight is 232 g/mol. The van der Waals surface area contributed by atoms with Gasteiger partial charge in [0.2, 0.25) is 0 Å². The molecule has 1 aromatic carbocycles. The Labute approximate surface area is 99.7 Å². The van der Waals surface area contributed by atoms with Gasteiger partial charge in [-0.2, -0.15) is 5.10 Å². The van der Waals surface area contributed by atoms with Crippen LogP contribution in [-0.2, 0) is 4.79 Å². The van der Waals surface area contributed by atoms with Crippen molar-refractivity contribution < 1.29 is 9.90 Å². The van der Waals surface area contributed by atoms with E-state index >= 15 is 0 Å². The van der Waals surface area contributed by atoms with Crippen LogP contribution in [0.2, 0.25) is 0 Å². The molecule has 90 valence electrons. The van der Waals surface area contributed by atoms with Crippen molar-refractivity contribution in [3.05, 3.63) is 29.5 Å². The number of rotatable bonds is 3. The fourth-order valence-electron chi connectivity index (χ4n) is 1.90. The van der Waals surface area contributed by atoms with Crippen LogP contribution >= 0.6 is 0 Å². The van der Waals surface area contributed by atoms with Gasteiger partial charge in [0, 0.05) is 11.1 Å². The zero-order chi connectivity index (χ0) is 12.6. The molecule has 2 aromatic rings. The number of aliphatic carboxylic acids is 1. The largest absolute Gasteiger partial charge is 0.481 e. The van der Waals surface area contributed by atoms with Crippen LogP contribution in [0.5, 0.6) is 0 Å². The number of benzene rings is 1. The minimum atomic E-state index is -0.816. The lowest BCUT2D eigenvalue weighted by molar-refractivity contribution is -0.138. The first-order valence-corrected chi connectivity index (χ1v) is 5.71. The van der Waals surface area contributed by atoms with Crippen LogP contribution in [0.1, 0.15) is 43.9 Å². The molecule has 0 radical (unpaired) electrons. The van der Waals surface area contributed by atoms with E-state index in [1.54, 1.807) is 6.92 Å². The van der Waals surface area contributed by atoms with Crippen LogP contribution in [0.25, 0.3) is 10.9 Å². The molecule has 0 saturated carbocycles. The van der Waals surface area contributed by atoms with Crippen molar-refractivity contribution in [2.24, 2.45) is 0 Å². The van der Waals surface area contributed by atoms with Crippen molar-refractivity contribution in [1.82, 2.24) is 10.2 Å². The summed E-state index contributed by atoms with van der Waals surface area (Å²) in [5.74, 6) is -0.940. The van der Waals surface area contributed by atoms with E-state index in [-0.39, 0.29) is 0 Å². The first kappa shape index (κ1) is 11.6. The molecular formula is C13H16N2O2. The Morgan fingerprint density at radius 3 is 2.65 bits per heavy atom. The molecule has 0 aliphatic carbocycles. The Morgan fingerprint density at radius 1 is 1.35 bits per heavy atom. The van der Waals surface area contributed by atoms with Gasteiger partial charge in [0.1, 0.15) is 0 Å². The molecule has 0 spiro atoms. The lowest BCUT2D eigenvalue weighted by Crippen LogP contribution is -2.07. The smallest absolute Gasteiger partial charge is 0.310 e. The van der Waals surface area contributed by atoms with Crippen molar-refractivity contribution in [1.29, 1.82) is 0 Å². The zero-order valence-electron chi connectivity index (χ0n) is 10.2. The summed E-state index contributed by atoms with van der Waals surface area (Å²) in [5.41, 5.74) is 2.71. The third kappa shape index (κ3) is 2.02. The summed E-state index contributed by atoms with van der Waals surface area (Å²) in [4.78, 5) is 10.9. The van der Waals surface area contributed by atoms with Gasteiger partial charge in [-0.25, -0.2) is 0 Å². The summed E-state index contributed by atoms with van der Waals surface area (Å²) in [7, 11) is 0. The number of hydrogen-bond donors (Lipinski definition) is 2. The lowest BCUT2D eigenvalue weighted by atomic mass is 9.98. The summed E-state index contributed by atoms with van der Waals surface area (Å²) in [6.45, 7) is 5.88. The average Bonchev–Trinajstić information content (AvgIpc) is 2.70. The quantitative estimate of drug-likeness (QED) is 0.855. The van der Waals surface area contributed by atoms with Crippen molar-refractivity contribution in [3.8, 4) is 0 Å². The Hall–Kier alpha value is -1.84. The number of aromatic nitrogens is 2. The Bertz CT molecular complexity index is 558. The molecule has 1 aromatic heterocycles. The third-order valence-electron chi connectivity index (χ3n) is 3.06. The molecule has 0 amide bonds. The number of nitrogens with zero attached hydrogens (tertiary/aromatic N) is 1. The third-order valence-corrected chi connectivity index (χ3v) is 3.06. The molecule has 1 unspecified atom stereocenters. The highest BCUT2D eigenvalue weighted by molar-refractivity contribution is 5.84. The summed E-state index contributed by atoms with van der Waals surface area (Å²) in [6.07, 6.45) is 0. The second-order valence-corrected chi connectivity index (χ2v) is 4.63. The Balaban J connectivity index is 2.49. The summed E-state index contributed by atoms with van der Waals surface area (Å²) in [5, 5.41) is 17.3. The SMILES string of the molecule is CC(C)c1[nH]nc2cc(C(C)C(=O)O)ccc12. The van der Waals surface area contributed by atoms with Gasteiger partial charge in [-0.3, -0.25) is 9.89 Å². The van der Waals surface area contributed by atoms with Crippen molar-refractivity contribution in [2.45, 2.75) is 32.6 Å². The van der Waals surface area contributed by atoms with E-state index in [1.165, 1.54) is 0 Å². The minimum Gasteiger partial charge on any atom is -0.481 e. The number of carboxylic acids is 1. The maximum absolute atomic E-state index is 10.9. The second kappa shape index (κ2) is 4.20. The Kier molecular flexibility index (Phi) is 2.88. The maximum atomic E-state index is 10.9. The van der Waals surface area contributed by atoms with Crippen LogP contribution in [0.15, 0.2) is 18.2 Å². The maximum Gasteiger partial charge on any atom is 0.310 e. The fourth-order valence-corrected chi connectivity index (χ4v) is 1.90. The fraction of sp³-hybridized carbons (Fsp3) is 0.385. The number of fused-ring (bicyclic) bond motifs is 1. The van der Waals surface area contributed by atoms with Gasteiger partial charge >= 0.3 is 5.97 Å². The van der Waals surface area contributed by atoms with Gasteiger partial charge in [-0.1, -0.05) is 26.0 Å². The predicted octanol–water partition coefficient (Wildman–Crippen LogP) is 2.87. The van der Waals surface area contributed by atoms with Crippen LogP contribution in [-0.4, -0.2) is 21.3 Å². The van der Waals surface area contributed by atoms with Gasteiger partial charge in [-0.15, -0.1) is 0 Å². The normalized spacial score (nSPS) is 13.2. The molecule has 0 fully saturated rings. The van der Waals surface area contributed by atoms with Gasteiger partial charge in [-0.05, 0) is 24.5 Å². The number of nitrogens with one attached hydrogen (secondary N) is 1. The van der Waals surface area contributed by atoms with Crippen molar-refractivity contribution in [2.75, 3.05) is 0 Å². The van der Waals surface area contributed by atoms with Crippen LogP contribution in [0.4, 0.5) is 0 Å². The summed E-state index contributed by atoms with van der Waals surface area (Å²) in [6, 6.07) is 5.65. The van der Waals surface area contributed by atoms with Gasteiger partial charge in [0.05, 0.1) is 11.4 Å². The highest BCUT2D eigenvalue weighted by Gasteiger charge is 2.16. The van der Waals surface area contributed by atoms with E-state index in [0.29, 0.717) is 5.92 Å². The van der Waals surface area contributed by atoms with Crippen LogP contribution in [0.3, 0.4) is 0 Å². The molecule has 2 N–H and O–H groups in total. The molecule has 0 saturated heterocycles. The van der Waals surface area contributed by atoms with E-state index in [4.69, 9.17) is 5.11 Å². The highest BCUT2D eigenvalue weighted by atomic mass is 16.4. The van der Waals surface area contributed by atoms with Gasteiger partial charge < -0.3 is 5.11 Å². The molecule has 4 nitrogen and oxygen atoms in total. The van der Waals surface area contributed by atoms with E-state index in [1.807, 2.05) is 18.2 Å². The molecule has 2 rings (SSSR count). The van der Waals surface area contributed by atoms with Crippen molar-refractivity contribution in [3.63, 3.8) is 0 Å². The number of hydrogen-bond acceptors (Lipinski definition) is 2. The van der Waals surface area contributed by atoms with E-state index in [0.717, 1.165) is 22.2 Å². The van der Waals surface area contributed by atoms with E-state index in [2.05, 4.69) is 24.0 Å². The lowest BCUT2D eigenvalue weighted by Gasteiger charge is -2.06. The number of carboxylic acid groups (broad SMARTS) is 1. The summed E-state index contributed by atoms with van der Waals surface area (Å²) < 4.78 is 0. The highest BCUT2D eigenvalue weighted by Crippen LogP contribution is 2.26. The molecule has 0 bridgehead atoms. The first-order chi connectivity index (χ1) is 8.00. The van der Waals surface area contributed by atoms with Crippen LogP contribution in [0, 0.1) is 0 Å². The van der Waals surface area contributed by atoms with E-state index < -0.39 is 11.9 Å². The van der Waals surface area contributed by atoms with Gasteiger partial charge in [0.25, 0.3) is 0 Å². The molecule has 1 atom stereocenters.